The van der Waals surface area contributed by atoms with Crippen molar-refractivity contribution in [1.82, 2.24) is 4.90 Å². The molecule has 0 aromatic heterocycles. The highest BCUT2D eigenvalue weighted by atomic mass is 16.5. The molecular weight excluding hydrogens is 248 g/mol. The average Bonchev–Trinajstić information content (AvgIpc) is 3.02. The van der Waals surface area contributed by atoms with E-state index in [2.05, 4.69) is 35.2 Å². The van der Waals surface area contributed by atoms with Crippen molar-refractivity contribution in [3.8, 4) is 5.75 Å². The summed E-state index contributed by atoms with van der Waals surface area (Å²) in [4.78, 5) is 2.45. The molecule has 3 heteroatoms. The molecule has 1 heterocycles. The van der Waals surface area contributed by atoms with Crippen LogP contribution in [-0.4, -0.2) is 37.2 Å². The zero-order chi connectivity index (χ0) is 13.8. The molecule has 1 fully saturated rings. The minimum Gasteiger partial charge on any atom is -0.491 e. The summed E-state index contributed by atoms with van der Waals surface area (Å²) in [7, 11) is 0. The molecule has 2 aromatic rings. The van der Waals surface area contributed by atoms with Crippen LogP contribution in [0.4, 0.5) is 0 Å². The number of nitrogens with two attached hydrogens (primary N) is 1. The van der Waals surface area contributed by atoms with Crippen LogP contribution in [0.15, 0.2) is 42.5 Å². The fourth-order valence-corrected chi connectivity index (χ4v) is 2.94. The van der Waals surface area contributed by atoms with Gasteiger partial charge in [0.05, 0.1) is 6.04 Å². The van der Waals surface area contributed by atoms with Crippen molar-refractivity contribution in [2.45, 2.75) is 18.9 Å². The molecule has 106 valence electrons. The summed E-state index contributed by atoms with van der Waals surface area (Å²) in [6, 6.07) is 14.9. The zero-order valence-electron chi connectivity index (χ0n) is 11.8. The minimum absolute atomic E-state index is 0.330. The summed E-state index contributed by atoms with van der Waals surface area (Å²) < 4.78 is 6.06. The highest BCUT2D eigenvalue weighted by molar-refractivity contribution is 5.88. The van der Waals surface area contributed by atoms with Crippen LogP contribution in [0.5, 0.6) is 5.75 Å². The van der Waals surface area contributed by atoms with Crippen molar-refractivity contribution in [2.75, 3.05) is 26.2 Å². The smallest absolute Gasteiger partial charge is 0.127 e. The Morgan fingerprint density at radius 2 is 1.80 bits per heavy atom. The number of benzene rings is 2. The Kier molecular flexibility index (Phi) is 4.19. The first kappa shape index (κ1) is 13.4. The number of hydrogen-bond donors (Lipinski definition) is 1. The van der Waals surface area contributed by atoms with Gasteiger partial charge in [0.2, 0.25) is 0 Å². The molecule has 3 rings (SSSR count). The van der Waals surface area contributed by atoms with Gasteiger partial charge in [-0.1, -0.05) is 36.4 Å². The number of likely N-dealkylation sites (tertiary alicyclic amines) is 1. The van der Waals surface area contributed by atoms with E-state index in [0.29, 0.717) is 19.2 Å². The van der Waals surface area contributed by atoms with Crippen LogP contribution in [0.25, 0.3) is 10.8 Å². The van der Waals surface area contributed by atoms with E-state index in [-0.39, 0.29) is 0 Å². The Hall–Kier alpha value is -1.58. The highest BCUT2D eigenvalue weighted by Gasteiger charge is 2.21. The molecule has 1 atom stereocenters. The maximum atomic E-state index is 6.06. The quantitative estimate of drug-likeness (QED) is 0.907. The Morgan fingerprint density at radius 1 is 1.05 bits per heavy atom. The van der Waals surface area contributed by atoms with Gasteiger partial charge in [-0.3, -0.25) is 4.90 Å². The van der Waals surface area contributed by atoms with Crippen molar-refractivity contribution in [3.63, 3.8) is 0 Å². The van der Waals surface area contributed by atoms with Gasteiger partial charge in [-0.15, -0.1) is 0 Å². The van der Waals surface area contributed by atoms with Crippen molar-refractivity contribution in [1.29, 1.82) is 0 Å². The maximum Gasteiger partial charge on any atom is 0.127 e. The van der Waals surface area contributed by atoms with Crippen LogP contribution < -0.4 is 10.5 Å². The molecule has 1 saturated heterocycles. The second-order valence-electron chi connectivity index (χ2n) is 5.42. The lowest BCUT2D eigenvalue weighted by Crippen LogP contribution is -2.42. The number of rotatable bonds is 5. The van der Waals surface area contributed by atoms with Crippen LogP contribution in [-0.2, 0) is 0 Å². The monoisotopic (exact) mass is 270 g/mol. The van der Waals surface area contributed by atoms with Crippen LogP contribution in [0, 0.1) is 0 Å². The zero-order valence-corrected chi connectivity index (χ0v) is 11.8. The molecule has 0 radical (unpaired) electrons. The van der Waals surface area contributed by atoms with Gasteiger partial charge in [0.15, 0.2) is 0 Å². The first-order chi connectivity index (χ1) is 9.88. The number of nitrogens with zero attached hydrogens (tertiary/aromatic N) is 1. The van der Waals surface area contributed by atoms with E-state index < -0.39 is 0 Å². The lowest BCUT2D eigenvalue weighted by molar-refractivity contribution is 0.166. The van der Waals surface area contributed by atoms with Crippen LogP contribution >= 0.6 is 0 Å². The predicted molar refractivity (Wildman–Crippen MR) is 83.1 cm³/mol. The molecule has 0 aliphatic carbocycles. The maximum absolute atomic E-state index is 6.06. The molecule has 0 spiro atoms. The van der Waals surface area contributed by atoms with E-state index in [1.807, 2.05) is 12.1 Å². The Labute approximate surface area is 120 Å². The van der Waals surface area contributed by atoms with Gasteiger partial charge in [-0.05, 0) is 37.4 Å². The van der Waals surface area contributed by atoms with E-state index in [4.69, 9.17) is 10.5 Å². The van der Waals surface area contributed by atoms with E-state index >= 15 is 0 Å². The average molecular weight is 270 g/mol. The number of ether oxygens (including phenoxy) is 1. The summed E-state index contributed by atoms with van der Waals surface area (Å²) >= 11 is 0. The van der Waals surface area contributed by atoms with Gasteiger partial charge in [-0.25, -0.2) is 0 Å². The lowest BCUT2D eigenvalue weighted by Gasteiger charge is -2.26. The normalized spacial score (nSPS) is 17.4. The third-order valence-electron chi connectivity index (χ3n) is 4.11. The van der Waals surface area contributed by atoms with E-state index in [1.165, 1.54) is 23.6 Å². The summed E-state index contributed by atoms with van der Waals surface area (Å²) in [6.07, 6.45) is 2.57. The fourth-order valence-electron chi connectivity index (χ4n) is 2.94. The second-order valence-corrected chi connectivity index (χ2v) is 5.42. The molecule has 1 aliphatic rings. The molecule has 2 aromatic carbocycles. The van der Waals surface area contributed by atoms with Gasteiger partial charge in [-0.2, -0.15) is 0 Å². The predicted octanol–water partition coefficient (Wildman–Crippen LogP) is 2.64. The van der Waals surface area contributed by atoms with Crippen LogP contribution in [0.3, 0.4) is 0 Å². The van der Waals surface area contributed by atoms with E-state index in [0.717, 1.165) is 18.8 Å². The van der Waals surface area contributed by atoms with Gasteiger partial charge < -0.3 is 10.5 Å². The summed E-state index contributed by atoms with van der Waals surface area (Å²) in [5, 5.41) is 2.39. The second kappa shape index (κ2) is 6.25. The topological polar surface area (TPSA) is 38.5 Å². The van der Waals surface area contributed by atoms with Crippen molar-refractivity contribution in [2.24, 2.45) is 5.73 Å². The van der Waals surface area contributed by atoms with Gasteiger partial charge in [0.1, 0.15) is 12.4 Å². The van der Waals surface area contributed by atoms with Crippen molar-refractivity contribution >= 4 is 10.8 Å². The first-order valence-corrected chi connectivity index (χ1v) is 7.43. The molecule has 1 aliphatic heterocycles. The Bertz CT molecular complexity index is 558. The van der Waals surface area contributed by atoms with E-state index in [9.17, 15) is 0 Å². The van der Waals surface area contributed by atoms with Crippen molar-refractivity contribution in [3.05, 3.63) is 42.5 Å². The molecule has 0 saturated carbocycles. The third-order valence-corrected chi connectivity index (χ3v) is 4.11. The number of hydrogen-bond acceptors (Lipinski definition) is 3. The van der Waals surface area contributed by atoms with Gasteiger partial charge >= 0.3 is 0 Å². The highest BCUT2D eigenvalue weighted by Crippen LogP contribution is 2.25. The van der Waals surface area contributed by atoms with Crippen LogP contribution in [0.1, 0.15) is 12.8 Å². The first-order valence-electron chi connectivity index (χ1n) is 7.43. The lowest BCUT2D eigenvalue weighted by atomic mass is 10.1. The molecule has 0 bridgehead atoms. The van der Waals surface area contributed by atoms with Gasteiger partial charge in [0.25, 0.3) is 0 Å². The minimum atomic E-state index is 0.330. The number of fused-ring (bicyclic) bond motifs is 1. The summed E-state index contributed by atoms with van der Waals surface area (Å²) in [5.74, 6) is 0.959. The Morgan fingerprint density at radius 3 is 2.60 bits per heavy atom. The summed E-state index contributed by atoms with van der Waals surface area (Å²) in [5.41, 5.74) is 5.91. The standard InChI is InChI=1S/C17H22N2O/c18-12-15(19-10-3-4-11-19)13-20-17-9-5-7-14-6-1-2-8-16(14)17/h1-2,5-9,15H,3-4,10-13,18H2. The molecule has 1 unspecified atom stereocenters. The third kappa shape index (κ3) is 2.79. The molecule has 0 amide bonds. The molecule has 2 N–H and O–H groups in total. The van der Waals surface area contributed by atoms with Gasteiger partial charge in [0, 0.05) is 11.9 Å². The fraction of sp³-hybridized carbons (Fsp3) is 0.412. The Balaban J connectivity index is 1.72. The molecule has 20 heavy (non-hydrogen) atoms. The molecule has 3 nitrogen and oxygen atoms in total. The van der Waals surface area contributed by atoms with Crippen LogP contribution in [0.2, 0.25) is 0 Å². The summed E-state index contributed by atoms with van der Waals surface area (Å²) in [6.45, 7) is 3.64. The van der Waals surface area contributed by atoms with Crippen molar-refractivity contribution < 1.29 is 4.74 Å². The largest absolute Gasteiger partial charge is 0.491 e. The SMILES string of the molecule is NCC(COc1cccc2ccccc12)N1CCCC1. The molecular formula is C17H22N2O. The van der Waals surface area contributed by atoms with E-state index in [1.54, 1.807) is 0 Å².